The van der Waals surface area contributed by atoms with Crippen molar-refractivity contribution in [1.82, 2.24) is 0 Å². The lowest BCUT2D eigenvalue weighted by atomic mass is 10.0. The van der Waals surface area contributed by atoms with Crippen LogP contribution in [-0.4, -0.2) is 10.7 Å². The first kappa shape index (κ1) is 10.7. The van der Waals surface area contributed by atoms with Crippen LogP contribution in [0.15, 0.2) is 12.2 Å². The van der Waals surface area contributed by atoms with E-state index in [1.807, 2.05) is 0 Å². The Morgan fingerprint density at radius 2 is 2.10 bits per heavy atom. The summed E-state index contributed by atoms with van der Waals surface area (Å²) in [5.74, 6) is 0.768. The highest BCUT2D eigenvalue weighted by Gasteiger charge is 2.01. The lowest BCUT2D eigenvalue weighted by Crippen LogP contribution is -1.97. The number of hydrogen-bond donors (Lipinski definition) is 0. The molecular weight excluding hydrogens is 256 g/mol. The smallest absolute Gasteiger partial charge is 0.0239 e. The molecule has 0 aromatic heterocycles. The van der Waals surface area contributed by atoms with E-state index in [9.17, 15) is 0 Å². The number of alkyl halides is 2. The minimum atomic E-state index is 0.768. The van der Waals surface area contributed by atoms with Crippen LogP contribution in [0.4, 0.5) is 0 Å². The summed E-state index contributed by atoms with van der Waals surface area (Å²) < 4.78 is 0. The number of allylic oxidation sites excluding steroid dienone is 1. The third-order valence-corrected chi connectivity index (χ3v) is 2.68. The van der Waals surface area contributed by atoms with E-state index in [1.165, 1.54) is 12.0 Å². The van der Waals surface area contributed by atoms with E-state index >= 15 is 0 Å². The summed E-state index contributed by atoms with van der Waals surface area (Å²) in [7, 11) is 0. The molecule has 0 bridgehead atoms. The first-order valence-corrected chi connectivity index (χ1v) is 5.73. The summed E-state index contributed by atoms with van der Waals surface area (Å²) in [5, 5.41) is 2.04. The van der Waals surface area contributed by atoms with Crippen LogP contribution >= 0.6 is 31.9 Å². The average Bonchev–Trinajstić information content (AvgIpc) is 1.88. The second kappa shape index (κ2) is 6.41. The van der Waals surface area contributed by atoms with Gasteiger partial charge in [0.2, 0.25) is 0 Å². The van der Waals surface area contributed by atoms with E-state index in [0.29, 0.717) is 0 Å². The van der Waals surface area contributed by atoms with Crippen molar-refractivity contribution >= 4 is 31.9 Å². The van der Waals surface area contributed by atoms with Crippen LogP contribution in [0.2, 0.25) is 0 Å². The Balaban J connectivity index is 3.37. The Hall–Kier alpha value is 0.700. The maximum atomic E-state index is 3.93. The predicted octanol–water partition coefficient (Wildman–Crippen LogP) is 3.75. The van der Waals surface area contributed by atoms with Crippen LogP contribution in [0.5, 0.6) is 0 Å². The van der Waals surface area contributed by atoms with Gasteiger partial charge in [-0.25, -0.2) is 0 Å². The quantitative estimate of drug-likeness (QED) is 0.527. The van der Waals surface area contributed by atoms with Gasteiger partial charge in [0.1, 0.15) is 0 Å². The van der Waals surface area contributed by atoms with Crippen molar-refractivity contribution < 1.29 is 0 Å². The Morgan fingerprint density at radius 3 is 2.50 bits per heavy atom. The van der Waals surface area contributed by atoms with Crippen LogP contribution in [0.1, 0.15) is 19.8 Å². The third kappa shape index (κ3) is 5.48. The highest BCUT2D eigenvalue weighted by atomic mass is 79.9. The molecule has 0 spiro atoms. The number of halogens is 2. The van der Waals surface area contributed by atoms with Crippen molar-refractivity contribution in [3.8, 4) is 0 Å². The van der Waals surface area contributed by atoms with Gasteiger partial charge in [0, 0.05) is 10.7 Å². The molecule has 0 amide bonds. The van der Waals surface area contributed by atoms with Gasteiger partial charge in [-0.15, -0.1) is 0 Å². The second-order valence-corrected chi connectivity index (χ2v) is 4.02. The molecule has 0 aliphatic rings. The predicted molar refractivity (Wildman–Crippen MR) is 55.1 cm³/mol. The molecule has 10 heavy (non-hydrogen) atoms. The molecule has 60 valence electrons. The molecule has 0 saturated carbocycles. The van der Waals surface area contributed by atoms with Gasteiger partial charge in [-0.1, -0.05) is 50.9 Å². The van der Waals surface area contributed by atoms with Crippen molar-refractivity contribution in [1.29, 1.82) is 0 Å². The minimum Gasteiger partial charge on any atom is -0.0990 e. The number of hydrogen-bond acceptors (Lipinski definition) is 0. The lowest BCUT2D eigenvalue weighted by molar-refractivity contribution is 0.566. The van der Waals surface area contributed by atoms with Crippen LogP contribution in [-0.2, 0) is 0 Å². The fourth-order valence-electron chi connectivity index (χ4n) is 0.836. The van der Waals surface area contributed by atoms with Gasteiger partial charge in [0.05, 0.1) is 0 Å². The first-order chi connectivity index (χ1) is 4.70. The monoisotopic (exact) mass is 268 g/mol. The summed E-state index contributed by atoms with van der Waals surface area (Å²) >= 11 is 6.80. The van der Waals surface area contributed by atoms with Crippen molar-refractivity contribution in [2.45, 2.75) is 19.8 Å². The summed E-state index contributed by atoms with van der Waals surface area (Å²) in [6, 6.07) is 0. The van der Waals surface area contributed by atoms with Crippen LogP contribution in [0, 0.1) is 5.92 Å². The fourth-order valence-corrected chi connectivity index (χ4v) is 1.85. The van der Waals surface area contributed by atoms with Crippen molar-refractivity contribution in [3.05, 3.63) is 12.2 Å². The molecule has 0 saturated heterocycles. The molecule has 0 N–H and O–H groups in total. The van der Waals surface area contributed by atoms with Gasteiger partial charge >= 0.3 is 0 Å². The van der Waals surface area contributed by atoms with E-state index < -0.39 is 0 Å². The van der Waals surface area contributed by atoms with Gasteiger partial charge in [0.15, 0.2) is 0 Å². The maximum Gasteiger partial charge on any atom is 0.0239 e. The van der Waals surface area contributed by atoms with Gasteiger partial charge in [0.25, 0.3) is 0 Å². The van der Waals surface area contributed by atoms with Gasteiger partial charge in [-0.3, -0.25) is 0 Å². The highest BCUT2D eigenvalue weighted by molar-refractivity contribution is 9.09. The molecule has 0 aliphatic heterocycles. The van der Waals surface area contributed by atoms with Crippen molar-refractivity contribution in [3.63, 3.8) is 0 Å². The Kier molecular flexibility index (Phi) is 6.86. The molecule has 0 heterocycles. The summed E-state index contributed by atoms with van der Waals surface area (Å²) in [4.78, 5) is 0. The van der Waals surface area contributed by atoms with E-state index in [0.717, 1.165) is 23.0 Å². The lowest BCUT2D eigenvalue weighted by Gasteiger charge is -2.08. The highest BCUT2D eigenvalue weighted by Crippen LogP contribution is 2.15. The fraction of sp³-hybridized carbons (Fsp3) is 0.750. The van der Waals surface area contributed by atoms with Crippen LogP contribution < -0.4 is 0 Å². The van der Waals surface area contributed by atoms with E-state index in [-0.39, 0.29) is 0 Å². The van der Waals surface area contributed by atoms with Crippen LogP contribution in [0.3, 0.4) is 0 Å². The first-order valence-electron chi connectivity index (χ1n) is 3.49. The SMILES string of the molecule is C=C(CBr)C[C@@H](C)CCBr. The molecule has 1 atom stereocenters. The molecule has 0 aromatic rings. The molecule has 0 nitrogen and oxygen atoms in total. The molecule has 0 radical (unpaired) electrons. The molecular formula is C8H14Br2. The zero-order chi connectivity index (χ0) is 7.98. The molecule has 0 aromatic carbocycles. The Labute approximate surface area is 80.3 Å². The number of rotatable bonds is 5. The van der Waals surface area contributed by atoms with Crippen LogP contribution in [0.25, 0.3) is 0 Å². The standard InChI is InChI=1S/C8H14Br2/c1-7(3-4-9)5-8(2)6-10/h7H,2-6H2,1H3/t7-/m0/s1. The zero-order valence-electron chi connectivity index (χ0n) is 6.37. The van der Waals surface area contributed by atoms with Gasteiger partial charge < -0.3 is 0 Å². The second-order valence-electron chi connectivity index (χ2n) is 2.67. The topological polar surface area (TPSA) is 0 Å². The molecule has 0 aliphatic carbocycles. The summed E-state index contributed by atoms with van der Waals surface area (Å²) in [5.41, 5.74) is 1.30. The zero-order valence-corrected chi connectivity index (χ0v) is 9.54. The maximum absolute atomic E-state index is 3.93. The Morgan fingerprint density at radius 1 is 1.50 bits per heavy atom. The van der Waals surface area contributed by atoms with E-state index in [1.54, 1.807) is 0 Å². The van der Waals surface area contributed by atoms with Gasteiger partial charge in [-0.05, 0) is 18.8 Å². The summed E-state index contributed by atoms with van der Waals surface area (Å²) in [6.07, 6.45) is 2.39. The van der Waals surface area contributed by atoms with Crippen molar-refractivity contribution in [2.75, 3.05) is 10.7 Å². The normalized spacial score (nSPS) is 13.1. The minimum absolute atomic E-state index is 0.768. The third-order valence-electron chi connectivity index (χ3n) is 1.43. The van der Waals surface area contributed by atoms with E-state index in [2.05, 4.69) is 45.4 Å². The van der Waals surface area contributed by atoms with E-state index in [4.69, 9.17) is 0 Å². The largest absolute Gasteiger partial charge is 0.0990 e. The Bertz CT molecular complexity index is 99.4. The average molecular weight is 270 g/mol. The molecule has 0 rings (SSSR count). The van der Waals surface area contributed by atoms with Crippen molar-refractivity contribution in [2.24, 2.45) is 5.92 Å². The molecule has 0 fully saturated rings. The summed E-state index contributed by atoms with van der Waals surface area (Å²) in [6.45, 7) is 6.19. The van der Waals surface area contributed by atoms with Gasteiger partial charge in [-0.2, -0.15) is 0 Å². The molecule has 2 heteroatoms. The molecule has 0 unspecified atom stereocenters.